The molecule has 2 atom stereocenters. The predicted molar refractivity (Wildman–Crippen MR) is 115 cm³/mol. The molecule has 0 saturated carbocycles. The van der Waals surface area contributed by atoms with Crippen molar-refractivity contribution in [1.29, 1.82) is 0 Å². The van der Waals surface area contributed by atoms with E-state index in [1.54, 1.807) is 0 Å². The van der Waals surface area contributed by atoms with Gasteiger partial charge in [0.2, 0.25) is 0 Å². The smallest absolute Gasteiger partial charge is 0.384 e. The largest absolute Gasteiger partial charge is 0.456 e. The fourth-order valence-electron chi connectivity index (χ4n) is 3.37. The molecule has 0 aliphatic rings. The molecule has 0 radical (unpaired) electrons. The zero-order chi connectivity index (χ0) is 21.0. The van der Waals surface area contributed by atoms with Gasteiger partial charge in [0.1, 0.15) is 0 Å². The number of hydrogen-bond donors (Lipinski definition) is 0. The fraction of sp³-hybridized carbons (Fsp3) is 0.833. The minimum Gasteiger partial charge on any atom is -0.456 e. The third kappa shape index (κ3) is 15.5. The molecule has 4 heteroatoms. The average Bonchev–Trinajstić information content (AvgIpc) is 2.68. The van der Waals surface area contributed by atoms with E-state index >= 15 is 0 Å². The molecule has 0 rings (SSSR count). The van der Waals surface area contributed by atoms with Gasteiger partial charge in [0.05, 0.1) is 13.2 Å². The molecule has 0 bridgehead atoms. The normalized spacial score (nSPS) is 12.6. The topological polar surface area (TPSA) is 52.6 Å². The molecular formula is C24H42O4. The van der Waals surface area contributed by atoms with Crippen LogP contribution in [0.5, 0.6) is 0 Å². The molecule has 0 aromatic rings. The lowest BCUT2D eigenvalue weighted by atomic mass is 9.97. The first-order valence-corrected chi connectivity index (χ1v) is 11.4. The molecule has 0 aliphatic heterocycles. The highest BCUT2D eigenvalue weighted by molar-refractivity contribution is 5.98. The van der Waals surface area contributed by atoms with Crippen LogP contribution in [0.4, 0.5) is 0 Å². The molecule has 0 aromatic heterocycles. The Morgan fingerprint density at radius 1 is 0.607 bits per heavy atom. The van der Waals surface area contributed by atoms with Gasteiger partial charge >= 0.3 is 11.9 Å². The van der Waals surface area contributed by atoms with Crippen LogP contribution in [0.3, 0.4) is 0 Å². The monoisotopic (exact) mass is 394 g/mol. The molecule has 4 nitrogen and oxygen atoms in total. The molecule has 2 unspecified atom stereocenters. The Bertz CT molecular complexity index is 421. The van der Waals surface area contributed by atoms with Gasteiger partial charge in [0, 0.05) is 11.8 Å². The van der Waals surface area contributed by atoms with Crippen LogP contribution in [0.15, 0.2) is 0 Å². The number of rotatable bonds is 16. The standard InChI is InChI=1S/C24H42O4/c1-5-9-11-15-21(13-7-3)19-27-23(25)17-18-24(26)28-20-22(14-8-4)16-12-10-6-2/h21-22H,5-16,19-20H2,1-4H3. The van der Waals surface area contributed by atoms with Crippen LogP contribution in [-0.4, -0.2) is 25.2 Å². The van der Waals surface area contributed by atoms with Gasteiger partial charge in [0.25, 0.3) is 0 Å². The SMILES string of the molecule is CCCCCC(CCC)COC(=O)C#CC(=O)OCC(CCC)CCCCC. The van der Waals surface area contributed by atoms with Gasteiger partial charge in [-0.05, 0) is 37.5 Å². The van der Waals surface area contributed by atoms with Crippen molar-refractivity contribution in [2.75, 3.05) is 13.2 Å². The molecule has 0 saturated heterocycles. The Morgan fingerprint density at radius 3 is 1.32 bits per heavy atom. The van der Waals surface area contributed by atoms with Gasteiger partial charge < -0.3 is 9.47 Å². The second-order valence-electron chi connectivity index (χ2n) is 7.75. The maximum absolute atomic E-state index is 11.8. The quantitative estimate of drug-likeness (QED) is 0.138. The number of carbonyl (C=O) groups is 2. The number of unbranched alkanes of at least 4 members (excludes halogenated alkanes) is 4. The van der Waals surface area contributed by atoms with E-state index in [1.165, 1.54) is 25.7 Å². The van der Waals surface area contributed by atoms with Crippen LogP contribution >= 0.6 is 0 Å². The Kier molecular flexibility index (Phi) is 17.8. The lowest BCUT2D eigenvalue weighted by Gasteiger charge is -2.15. The maximum atomic E-state index is 11.8. The predicted octanol–water partition coefficient (Wildman–Crippen LogP) is 6.07. The lowest BCUT2D eigenvalue weighted by Crippen LogP contribution is -2.15. The summed E-state index contributed by atoms with van der Waals surface area (Å²) >= 11 is 0. The molecule has 0 heterocycles. The van der Waals surface area contributed by atoms with Gasteiger partial charge in [-0.1, -0.05) is 79.1 Å². The van der Waals surface area contributed by atoms with Crippen molar-refractivity contribution in [3.8, 4) is 11.8 Å². The van der Waals surface area contributed by atoms with Gasteiger partial charge in [0.15, 0.2) is 0 Å². The molecular weight excluding hydrogens is 352 g/mol. The Balaban J connectivity index is 4.25. The zero-order valence-corrected chi connectivity index (χ0v) is 18.7. The highest BCUT2D eigenvalue weighted by atomic mass is 16.5. The molecule has 0 spiro atoms. The van der Waals surface area contributed by atoms with E-state index in [4.69, 9.17) is 9.47 Å². The highest BCUT2D eigenvalue weighted by Crippen LogP contribution is 2.17. The summed E-state index contributed by atoms with van der Waals surface area (Å²) < 4.78 is 10.5. The van der Waals surface area contributed by atoms with Crippen molar-refractivity contribution in [3.63, 3.8) is 0 Å². The van der Waals surface area contributed by atoms with Gasteiger partial charge in [-0.3, -0.25) is 0 Å². The summed E-state index contributed by atoms with van der Waals surface area (Å²) in [5, 5.41) is 0. The summed E-state index contributed by atoms with van der Waals surface area (Å²) in [6.45, 7) is 9.40. The lowest BCUT2D eigenvalue weighted by molar-refractivity contribution is -0.140. The second kappa shape index (κ2) is 18.8. The summed E-state index contributed by atoms with van der Waals surface area (Å²) in [6, 6.07) is 0. The van der Waals surface area contributed by atoms with E-state index in [2.05, 4.69) is 39.5 Å². The molecule has 0 aromatic carbocycles. The minimum atomic E-state index is -0.637. The molecule has 0 fully saturated rings. The van der Waals surface area contributed by atoms with Crippen molar-refractivity contribution >= 4 is 11.9 Å². The minimum absolute atomic E-state index is 0.382. The van der Waals surface area contributed by atoms with Crippen LogP contribution in [0.2, 0.25) is 0 Å². The molecule has 162 valence electrons. The summed E-state index contributed by atoms with van der Waals surface area (Å²) in [6.07, 6.45) is 13.5. The van der Waals surface area contributed by atoms with Crippen LogP contribution < -0.4 is 0 Å². The average molecular weight is 395 g/mol. The number of hydrogen-bond acceptors (Lipinski definition) is 4. The summed E-state index contributed by atoms with van der Waals surface area (Å²) in [4.78, 5) is 23.6. The van der Waals surface area contributed by atoms with Gasteiger partial charge in [-0.25, -0.2) is 9.59 Å². The Labute approximate surface area is 173 Å². The van der Waals surface area contributed by atoms with Crippen LogP contribution in [0.25, 0.3) is 0 Å². The first kappa shape index (κ1) is 26.5. The van der Waals surface area contributed by atoms with E-state index in [0.717, 1.165) is 51.4 Å². The Morgan fingerprint density at radius 2 is 1.00 bits per heavy atom. The van der Waals surface area contributed by atoms with Crippen molar-refractivity contribution < 1.29 is 19.1 Å². The molecule has 28 heavy (non-hydrogen) atoms. The molecule has 0 amide bonds. The van der Waals surface area contributed by atoms with Crippen LogP contribution in [0.1, 0.15) is 105 Å². The molecule has 0 aliphatic carbocycles. The number of esters is 2. The zero-order valence-electron chi connectivity index (χ0n) is 18.7. The van der Waals surface area contributed by atoms with Crippen molar-refractivity contribution in [1.82, 2.24) is 0 Å². The fourth-order valence-corrected chi connectivity index (χ4v) is 3.37. The third-order valence-electron chi connectivity index (χ3n) is 4.99. The van der Waals surface area contributed by atoms with Crippen molar-refractivity contribution in [2.24, 2.45) is 11.8 Å². The summed E-state index contributed by atoms with van der Waals surface area (Å²) in [7, 11) is 0. The third-order valence-corrected chi connectivity index (χ3v) is 4.99. The number of ether oxygens (including phenoxy) is 2. The summed E-state index contributed by atoms with van der Waals surface area (Å²) in [5.41, 5.74) is 0. The van der Waals surface area contributed by atoms with E-state index in [9.17, 15) is 9.59 Å². The maximum Gasteiger partial charge on any atom is 0.384 e. The van der Waals surface area contributed by atoms with E-state index < -0.39 is 11.9 Å². The van der Waals surface area contributed by atoms with Gasteiger partial charge in [-0.15, -0.1) is 0 Å². The van der Waals surface area contributed by atoms with E-state index in [0.29, 0.717) is 25.0 Å². The first-order chi connectivity index (χ1) is 13.6. The highest BCUT2D eigenvalue weighted by Gasteiger charge is 2.12. The van der Waals surface area contributed by atoms with Crippen molar-refractivity contribution in [3.05, 3.63) is 0 Å². The first-order valence-electron chi connectivity index (χ1n) is 11.4. The Hall–Kier alpha value is -1.50. The second-order valence-corrected chi connectivity index (χ2v) is 7.75. The summed E-state index contributed by atoms with van der Waals surface area (Å²) in [5.74, 6) is 4.03. The van der Waals surface area contributed by atoms with Crippen LogP contribution in [0, 0.1) is 23.7 Å². The van der Waals surface area contributed by atoms with E-state index in [1.807, 2.05) is 0 Å². The van der Waals surface area contributed by atoms with E-state index in [-0.39, 0.29) is 0 Å². The van der Waals surface area contributed by atoms with Gasteiger partial charge in [-0.2, -0.15) is 0 Å². The molecule has 0 N–H and O–H groups in total. The van der Waals surface area contributed by atoms with Crippen molar-refractivity contribution in [2.45, 2.75) is 105 Å². The number of carbonyl (C=O) groups excluding carboxylic acids is 2. The van der Waals surface area contributed by atoms with Crippen LogP contribution in [-0.2, 0) is 19.1 Å².